The molecule has 0 aliphatic carbocycles. The molecule has 1 aromatic rings. The first-order chi connectivity index (χ1) is 11.8. The highest BCUT2D eigenvalue weighted by atomic mass is 16.4. The van der Waals surface area contributed by atoms with Crippen molar-refractivity contribution >= 4 is 17.8 Å². The molecule has 0 bridgehead atoms. The predicted octanol–water partition coefficient (Wildman–Crippen LogP) is 1.92. The maximum Gasteiger partial charge on any atom is 0.305 e. The van der Waals surface area contributed by atoms with E-state index >= 15 is 0 Å². The van der Waals surface area contributed by atoms with Gasteiger partial charge in [0.2, 0.25) is 11.8 Å². The minimum atomic E-state index is -0.943. The third-order valence-corrected chi connectivity index (χ3v) is 4.47. The summed E-state index contributed by atoms with van der Waals surface area (Å²) in [4.78, 5) is 39.4. The van der Waals surface area contributed by atoms with E-state index in [1.807, 2.05) is 38.1 Å². The molecule has 1 unspecified atom stereocenters. The highest BCUT2D eigenvalue weighted by Gasteiger charge is 2.35. The van der Waals surface area contributed by atoms with Gasteiger partial charge in [0.25, 0.3) is 0 Å². The topological polar surface area (TPSA) is 77.9 Å². The molecule has 1 aromatic carbocycles. The van der Waals surface area contributed by atoms with Gasteiger partial charge in [-0.15, -0.1) is 0 Å². The maximum absolute atomic E-state index is 12.9. The number of likely N-dealkylation sites (N-methyl/N-ethyl adjacent to an activating group) is 1. The number of hydrogen-bond acceptors (Lipinski definition) is 3. The lowest BCUT2D eigenvalue weighted by molar-refractivity contribution is -0.147. The van der Waals surface area contributed by atoms with Crippen molar-refractivity contribution in [2.75, 3.05) is 13.6 Å². The molecule has 0 spiro atoms. The number of carboxylic acids is 1. The van der Waals surface area contributed by atoms with Crippen LogP contribution in [0.3, 0.4) is 0 Å². The zero-order valence-electron chi connectivity index (χ0n) is 15.1. The van der Waals surface area contributed by atoms with E-state index in [9.17, 15) is 14.4 Å². The summed E-state index contributed by atoms with van der Waals surface area (Å²) in [6, 6.07) is 7.27. The minimum Gasteiger partial charge on any atom is -0.481 e. The summed E-state index contributed by atoms with van der Waals surface area (Å²) < 4.78 is 0. The molecule has 0 radical (unpaired) electrons. The van der Waals surface area contributed by atoms with Crippen LogP contribution in [0.1, 0.15) is 37.8 Å². The number of fused-ring (bicyclic) bond motifs is 1. The molecule has 0 saturated carbocycles. The van der Waals surface area contributed by atoms with Gasteiger partial charge in [0.15, 0.2) is 0 Å². The normalized spacial score (nSPS) is 16.5. The summed E-state index contributed by atoms with van der Waals surface area (Å²) in [5.74, 6) is -0.964. The first-order valence-electron chi connectivity index (χ1n) is 8.62. The summed E-state index contributed by atoms with van der Waals surface area (Å²) in [5, 5.41) is 8.82. The Morgan fingerprint density at radius 3 is 2.48 bits per heavy atom. The number of nitrogens with zero attached hydrogens (tertiary/aromatic N) is 2. The van der Waals surface area contributed by atoms with Crippen molar-refractivity contribution in [3.05, 3.63) is 35.4 Å². The molecule has 0 fully saturated rings. The lowest BCUT2D eigenvalue weighted by atomic mass is 9.92. The van der Waals surface area contributed by atoms with E-state index in [-0.39, 0.29) is 30.7 Å². The molecule has 25 heavy (non-hydrogen) atoms. The SMILES string of the molecule is CC(C)CC(=O)N1Cc2ccccc2CC1C(=O)N(C)CCC(=O)O. The molecule has 1 aliphatic rings. The molecular formula is C19H26N2O4. The molecule has 2 amide bonds. The first kappa shape index (κ1) is 19.0. The second-order valence-corrected chi connectivity index (χ2v) is 7.01. The van der Waals surface area contributed by atoms with Gasteiger partial charge >= 0.3 is 5.97 Å². The van der Waals surface area contributed by atoms with Gasteiger partial charge in [0.05, 0.1) is 6.42 Å². The van der Waals surface area contributed by atoms with E-state index in [2.05, 4.69) is 0 Å². The van der Waals surface area contributed by atoms with Crippen LogP contribution in [0.15, 0.2) is 24.3 Å². The Hall–Kier alpha value is -2.37. The Balaban J connectivity index is 2.22. The number of benzene rings is 1. The number of carboxylic acid groups (broad SMARTS) is 1. The monoisotopic (exact) mass is 346 g/mol. The number of hydrogen-bond donors (Lipinski definition) is 1. The number of amides is 2. The van der Waals surface area contributed by atoms with Crippen LogP contribution < -0.4 is 0 Å². The average molecular weight is 346 g/mol. The number of carbonyl (C=O) groups excluding carboxylic acids is 2. The fraction of sp³-hybridized carbons (Fsp3) is 0.526. The van der Waals surface area contributed by atoms with Crippen LogP contribution in [0, 0.1) is 5.92 Å². The zero-order chi connectivity index (χ0) is 18.6. The van der Waals surface area contributed by atoms with Crippen molar-refractivity contribution in [3.8, 4) is 0 Å². The number of carbonyl (C=O) groups is 3. The quantitative estimate of drug-likeness (QED) is 0.854. The van der Waals surface area contributed by atoms with Crippen molar-refractivity contribution in [2.24, 2.45) is 5.92 Å². The van der Waals surface area contributed by atoms with E-state index in [4.69, 9.17) is 5.11 Å². The lowest BCUT2D eigenvalue weighted by Gasteiger charge is -2.38. The van der Waals surface area contributed by atoms with Crippen LogP contribution in [0.25, 0.3) is 0 Å². The molecule has 0 saturated heterocycles. The maximum atomic E-state index is 12.9. The highest BCUT2D eigenvalue weighted by Crippen LogP contribution is 2.25. The van der Waals surface area contributed by atoms with Crippen molar-refractivity contribution in [1.29, 1.82) is 0 Å². The van der Waals surface area contributed by atoms with Gasteiger partial charge in [-0.25, -0.2) is 0 Å². The van der Waals surface area contributed by atoms with Crippen molar-refractivity contribution < 1.29 is 19.5 Å². The molecule has 136 valence electrons. The van der Waals surface area contributed by atoms with Gasteiger partial charge in [0, 0.05) is 33.0 Å². The van der Waals surface area contributed by atoms with Crippen LogP contribution in [0.2, 0.25) is 0 Å². The molecule has 0 aromatic heterocycles. The fourth-order valence-electron chi connectivity index (χ4n) is 3.10. The molecule has 1 heterocycles. The summed E-state index contributed by atoms with van der Waals surface area (Å²) in [6.07, 6.45) is 0.756. The van der Waals surface area contributed by atoms with Gasteiger partial charge in [-0.1, -0.05) is 38.1 Å². The standard InChI is InChI=1S/C19H26N2O4/c1-13(2)10-17(22)21-12-15-7-5-4-6-14(15)11-16(21)19(25)20(3)9-8-18(23)24/h4-7,13,16H,8-12H2,1-3H3,(H,23,24). The summed E-state index contributed by atoms with van der Waals surface area (Å²) >= 11 is 0. The van der Waals surface area contributed by atoms with Crippen molar-refractivity contribution in [1.82, 2.24) is 9.80 Å². The molecule has 2 rings (SSSR count). The Kier molecular flexibility index (Phi) is 6.17. The molecule has 1 N–H and O–H groups in total. The first-order valence-corrected chi connectivity index (χ1v) is 8.62. The molecule has 6 heteroatoms. The average Bonchev–Trinajstić information content (AvgIpc) is 2.57. The summed E-state index contributed by atoms with van der Waals surface area (Å²) in [7, 11) is 1.59. The Morgan fingerprint density at radius 2 is 1.88 bits per heavy atom. The fourth-order valence-corrected chi connectivity index (χ4v) is 3.10. The van der Waals surface area contributed by atoms with Crippen LogP contribution >= 0.6 is 0 Å². The molecule has 6 nitrogen and oxygen atoms in total. The van der Waals surface area contributed by atoms with E-state index in [1.165, 1.54) is 4.90 Å². The van der Waals surface area contributed by atoms with E-state index in [0.29, 0.717) is 19.4 Å². The molecular weight excluding hydrogens is 320 g/mol. The third-order valence-electron chi connectivity index (χ3n) is 4.47. The van der Waals surface area contributed by atoms with E-state index in [1.54, 1.807) is 11.9 Å². The van der Waals surface area contributed by atoms with E-state index in [0.717, 1.165) is 11.1 Å². The number of aliphatic carboxylic acids is 1. The van der Waals surface area contributed by atoms with Gasteiger partial charge < -0.3 is 14.9 Å². The van der Waals surface area contributed by atoms with Crippen molar-refractivity contribution in [3.63, 3.8) is 0 Å². The van der Waals surface area contributed by atoms with Crippen LogP contribution in [0.5, 0.6) is 0 Å². The van der Waals surface area contributed by atoms with Crippen LogP contribution in [0.4, 0.5) is 0 Å². The van der Waals surface area contributed by atoms with Crippen molar-refractivity contribution in [2.45, 2.75) is 45.7 Å². The predicted molar refractivity (Wildman–Crippen MR) is 93.8 cm³/mol. The Labute approximate surface area is 148 Å². The smallest absolute Gasteiger partial charge is 0.305 e. The lowest BCUT2D eigenvalue weighted by Crippen LogP contribution is -2.53. The second-order valence-electron chi connectivity index (χ2n) is 7.01. The molecule has 1 aliphatic heterocycles. The highest BCUT2D eigenvalue weighted by molar-refractivity contribution is 5.88. The van der Waals surface area contributed by atoms with E-state index < -0.39 is 12.0 Å². The summed E-state index contributed by atoms with van der Waals surface area (Å²) in [6.45, 7) is 4.51. The summed E-state index contributed by atoms with van der Waals surface area (Å²) in [5.41, 5.74) is 2.14. The van der Waals surface area contributed by atoms with Gasteiger partial charge in [0.1, 0.15) is 6.04 Å². The Bertz CT molecular complexity index is 657. The minimum absolute atomic E-state index is 0.0329. The van der Waals surface area contributed by atoms with Crippen LogP contribution in [-0.4, -0.2) is 52.3 Å². The number of rotatable bonds is 6. The van der Waals surface area contributed by atoms with Gasteiger partial charge in [-0.2, -0.15) is 0 Å². The van der Waals surface area contributed by atoms with Gasteiger partial charge in [-0.3, -0.25) is 14.4 Å². The second kappa shape index (κ2) is 8.14. The largest absolute Gasteiger partial charge is 0.481 e. The Morgan fingerprint density at radius 1 is 1.24 bits per heavy atom. The van der Waals surface area contributed by atoms with Gasteiger partial charge in [-0.05, 0) is 17.0 Å². The zero-order valence-corrected chi connectivity index (χ0v) is 15.1. The molecule has 1 atom stereocenters. The third kappa shape index (κ3) is 4.81. The van der Waals surface area contributed by atoms with Crippen LogP contribution in [-0.2, 0) is 27.3 Å².